The van der Waals surface area contributed by atoms with E-state index in [1.807, 2.05) is 54.7 Å². The largest absolute Gasteiger partial charge is 0.497 e. The van der Waals surface area contributed by atoms with Gasteiger partial charge in [-0.2, -0.15) is 10.2 Å². The Balaban J connectivity index is 1.62. The van der Waals surface area contributed by atoms with E-state index in [4.69, 9.17) is 9.47 Å². The van der Waals surface area contributed by atoms with Crippen LogP contribution < -0.4 is 9.47 Å². The number of hydrogen-bond donors (Lipinski definition) is 1. The minimum atomic E-state index is -0.0691. The number of rotatable bonds is 7. The Morgan fingerprint density at radius 1 is 1.23 bits per heavy atom. The van der Waals surface area contributed by atoms with Crippen LogP contribution in [0, 0.1) is 13.8 Å². The second-order valence-electron chi connectivity index (χ2n) is 7.68. The van der Waals surface area contributed by atoms with E-state index in [1.54, 1.807) is 14.2 Å². The summed E-state index contributed by atoms with van der Waals surface area (Å²) in [4.78, 5) is 15.3. The Morgan fingerprint density at radius 2 is 2.00 bits per heavy atom. The summed E-state index contributed by atoms with van der Waals surface area (Å²) in [6, 6.07) is 7.68. The molecule has 8 heteroatoms. The average Bonchev–Trinajstić information content (AvgIpc) is 3.41. The van der Waals surface area contributed by atoms with Crippen LogP contribution in [0.4, 0.5) is 0 Å². The molecule has 0 atom stereocenters. The lowest BCUT2D eigenvalue weighted by Crippen LogP contribution is -2.33. The second kappa shape index (κ2) is 7.85. The highest BCUT2D eigenvalue weighted by atomic mass is 16.5. The minimum absolute atomic E-state index is 0.0691. The van der Waals surface area contributed by atoms with Gasteiger partial charge in [0.25, 0.3) is 5.91 Å². The van der Waals surface area contributed by atoms with E-state index < -0.39 is 0 Å². The van der Waals surface area contributed by atoms with Crippen LogP contribution in [0.25, 0.3) is 11.3 Å². The summed E-state index contributed by atoms with van der Waals surface area (Å²) in [6.45, 7) is 4.39. The molecule has 1 aliphatic rings. The fraction of sp³-hybridized carbons (Fsp3) is 0.409. The lowest BCUT2D eigenvalue weighted by Gasteiger charge is -2.23. The van der Waals surface area contributed by atoms with E-state index in [-0.39, 0.29) is 11.9 Å². The maximum atomic E-state index is 13.4. The molecule has 0 aliphatic heterocycles. The summed E-state index contributed by atoms with van der Waals surface area (Å²) in [7, 11) is 5.17. The molecule has 0 radical (unpaired) electrons. The van der Waals surface area contributed by atoms with E-state index >= 15 is 0 Å². The average molecular weight is 409 g/mol. The van der Waals surface area contributed by atoms with Gasteiger partial charge in [0, 0.05) is 29.9 Å². The second-order valence-corrected chi connectivity index (χ2v) is 7.68. The number of aromatic nitrogens is 4. The summed E-state index contributed by atoms with van der Waals surface area (Å²) in [5, 5.41) is 11.8. The van der Waals surface area contributed by atoms with Gasteiger partial charge in [-0.3, -0.25) is 14.6 Å². The number of aromatic amines is 1. The molecule has 0 unspecified atom stereocenters. The smallest absolute Gasteiger partial charge is 0.272 e. The Morgan fingerprint density at radius 3 is 2.60 bits per heavy atom. The zero-order chi connectivity index (χ0) is 21.4. The number of nitrogens with zero attached hydrogens (tertiary/aromatic N) is 4. The molecule has 0 saturated heterocycles. The Hall–Kier alpha value is -3.29. The van der Waals surface area contributed by atoms with Gasteiger partial charge in [-0.1, -0.05) is 0 Å². The van der Waals surface area contributed by atoms with Gasteiger partial charge in [0.2, 0.25) is 0 Å². The normalized spacial score (nSPS) is 13.4. The summed E-state index contributed by atoms with van der Waals surface area (Å²) >= 11 is 0. The number of benzene rings is 1. The quantitative estimate of drug-likeness (QED) is 0.647. The molecule has 1 fully saturated rings. The number of H-pyrrole nitrogens is 1. The lowest BCUT2D eigenvalue weighted by molar-refractivity contribution is 0.0722. The van der Waals surface area contributed by atoms with Crippen molar-refractivity contribution in [2.24, 2.45) is 7.05 Å². The first-order valence-corrected chi connectivity index (χ1v) is 10.0. The standard InChI is InChI=1S/C22H27N5O3/c1-13-21(14(2)26(3)25-13)18-11-19(24-23-18)22(28)27(16-6-7-16)12-15-10-17(29-4)8-9-20(15)30-5/h8-11,16H,6-7,12H2,1-5H3,(H,23,24). The third-order valence-corrected chi connectivity index (χ3v) is 5.65. The molecule has 0 spiro atoms. The van der Waals surface area contributed by atoms with E-state index in [0.29, 0.717) is 12.2 Å². The molecule has 1 N–H and O–H groups in total. The van der Waals surface area contributed by atoms with Crippen LogP contribution in [0.2, 0.25) is 0 Å². The summed E-state index contributed by atoms with van der Waals surface area (Å²) in [5.41, 5.74) is 4.98. The van der Waals surface area contributed by atoms with Gasteiger partial charge in [0.05, 0.1) is 32.2 Å². The van der Waals surface area contributed by atoms with Crippen molar-refractivity contribution >= 4 is 5.91 Å². The number of aryl methyl sites for hydroxylation is 2. The third kappa shape index (κ3) is 3.65. The van der Waals surface area contributed by atoms with Crippen molar-refractivity contribution in [2.45, 2.75) is 39.3 Å². The number of hydrogen-bond acceptors (Lipinski definition) is 5. The van der Waals surface area contributed by atoms with Crippen LogP contribution in [0.1, 0.15) is 40.3 Å². The van der Waals surface area contributed by atoms with Crippen LogP contribution in [-0.2, 0) is 13.6 Å². The molecule has 0 bridgehead atoms. The third-order valence-electron chi connectivity index (χ3n) is 5.65. The van der Waals surface area contributed by atoms with Crippen LogP contribution in [-0.4, -0.2) is 51.0 Å². The van der Waals surface area contributed by atoms with Crippen LogP contribution in [0.3, 0.4) is 0 Å². The number of nitrogens with one attached hydrogen (secondary N) is 1. The van der Waals surface area contributed by atoms with Crippen molar-refractivity contribution in [1.29, 1.82) is 0 Å². The highest BCUT2D eigenvalue weighted by Gasteiger charge is 2.34. The Labute approximate surface area is 175 Å². The molecular weight excluding hydrogens is 382 g/mol. The first-order chi connectivity index (χ1) is 14.4. The summed E-state index contributed by atoms with van der Waals surface area (Å²) in [5.74, 6) is 1.40. The molecule has 158 valence electrons. The number of carbonyl (C=O) groups is 1. The van der Waals surface area contributed by atoms with Gasteiger partial charge in [-0.05, 0) is 51.0 Å². The Bertz CT molecular complexity index is 1080. The highest BCUT2D eigenvalue weighted by molar-refractivity contribution is 5.94. The molecule has 2 aromatic heterocycles. The number of methoxy groups -OCH3 is 2. The fourth-order valence-corrected chi connectivity index (χ4v) is 3.80. The van der Waals surface area contributed by atoms with Crippen molar-refractivity contribution in [2.75, 3.05) is 14.2 Å². The first kappa shape index (κ1) is 20.0. The van der Waals surface area contributed by atoms with Gasteiger partial charge < -0.3 is 14.4 Å². The SMILES string of the molecule is COc1ccc(OC)c(CN(C(=O)c2cc(-c3c(C)nn(C)c3C)n[nH]2)C2CC2)c1. The van der Waals surface area contributed by atoms with Crippen LogP contribution in [0.15, 0.2) is 24.3 Å². The number of carbonyl (C=O) groups excluding carboxylic acids is 1. The minimum Gasteiger partial charge on any atom is -0.497 e. The topological polar surface area (TPSA) is 85.3 Å². The maximum absolute atomic E-state index is 13.4. The van der Waals surface area contributed by atoms with Gasteiger partial charge >= 0.3 is 0 Å². The molecule has 1 saturated carbocycles. The van der Waals surface area contributed by atoms with E-state index in [1.165, 1.54) is 0 Å². The van der Waals surface area contributed by atoms with E-state index in [9.17, 15) is 4.79 Å². The van der Waals surface area contributed by atoms with Crippen molar-refractivity contribution in [3.63, 3.8) is 0 Å². The maximum Gasteiger partial charge on any atom is 0.272 e. The van der Waals surface area contributed by atoms with Crippen molar-refractivity contribution in [1.82, 2.24) is 24.9 Å². The molecule has 8 nitrogen and oxygen atoms in total. The van der Waals surface area contributed by atoms with Crippen LogP contribution in [0.5, 0.6) is 11.5 Å². The molecule has 3 aromatic rings. The predicted molar refractivity (Wildman–Crippen MR) is 113 cm³/mol. The van der Waals surface area contributed by atoms with Gasteiger partial charge in [0.1, 0.15) is 17.2 Å². The Kier molecular flexibility index (Phi) is 5.24. The van der Waals surface area contributed by atoms with Crippen molar-refractivity contribution < 1.29 is 14.3 Å². The number of ether oxygens (including phenoxy) is 2. The van der Waals surface area contributed by atoms with Gasteiger partial charge in [0.15, 0.2) is 0 Å². The first-order valence-electron chi connectivity index (χ1n) is 10.0. The molecule has 1 amide bonds. The molecular formula is C22H27N5O3. The van der Waals surface area contributed by atoms with E-state index in [0.717, 1.165) is 52.5 Å². The van der Waals surface area contributed by atoms with Crippen molar-refractivity contribution in [3.8, 4) is 22.8 Å². The summed E-state index contributed by atoms with van der Waals surface area (Å²) in [6.07, 6.45) is 2.00. The van der Waals surface area contributed by atoms with Crippen LogP contribution >= 0.6 is 0 Å². The van der Waals surface area contributed by atoms with E-state index in [2.05, 4.69) is 15.3 Å². The fourth-order valence-electron chi connectivity index (χ4n) is 3.80. The van der Waals surface area contributed by atoms with Gasteiger partial charge in [-0.25, -0.2) is 0 Å². The van der Waals surface area contributed by atoms with Gasteiger partial charge in [-0.15, -0.1) is 0 Å². The molecule has 1 aliphatic carbocycles. The summed E-state index contributed by atoms with van der Waals surface area (Å²) < 4.78 is 12.7. The zero-order valence-corrected chi connectivity index (χ0v) is 18.0. The highest BCUT2D eigenvalue weighted by Crippen LogP contribution is 2.33. The molecule has 1 aromatic carbocycles. The monoisotopic (exact) mass is 409 g/mol. The molecule has 4 rings (SSSR count). The molecule has 30 heavy (non-hydrogen) atoms. The molecule has 2 heterocycles. The number of amides is 1. The lowest BCUT2D eigenvalue weighted by atomic mass is 10.1. The van der Waals surface area contributed by atoms with Crippen molar-refractivity contribution in [3.05, 3.63) is 46.9 Å². The zero-order valence-electron chi connectivity index (χ0n) is 18.0. The predicted octanol–water partition coefficient (Wildman–Crippen LogP) is 3.25.